The third kappa shape index (κ3) is 4.47. The molecule has 1 saturated heterocycles. The minimum Gasteiger partial charge on any atom is -0.420 e. The van der Waals surface area contributed by atoms with Gasteiger partial charge in [-0.2, -0.15) is 4.31 Å². The number of anilines is 1. The topological polar surface area (TPSA) is 131 Å². The van der Waals surface area contributed by atoms with Crippen molar-refractivity contribution in [3.05, 3.63) is 48.4 Å². The van der Waals surface area contributed by atoms with E-state index in [4.69, 9.17) is 4.42 Å². The van der Waals surface area contributed by atoms with E-state index in [9.17, 15) is 13.2 Å². The van der Waals surface area contributed by atoms with Crippen LogP contribution >= 0.6 is 0 Å². The normalized spacial score (nSPS) is 17.4. The fourth-order valence-electron chi connectivity index (χ4n) is 3.53. The lowest BCUT2D eigenvalue weighted by atomic mass is 10.00. The average Bonchev–Trinajstić information content (AvgIpc) is 3.24. The number of rotatable bonds is 5. The first-order valence-corrected chi connectivity index (χ1v) is 11.3. The molecule has 0 radical (unpaired) electrons. The highest BCUT2D eigenvalue weighted by molar-refractivity contribution is 7.89. The van der Waals surface area contributed by atoms with Gasteiger partial charge in [-0.25, -0.2) is 18.4 Å². The molecule has 4 rings (SSSR count). The van der Waals surface area contributed by atoms with Crippen molar-refractivity contribution in [1.82, 2.24) is 24.5 Å². The maximum Gasteiger partial charge on any atom is 0.251 e. The predicted octanol–water partition coefficient (Wildman–Crippen LogP) is 2.36. The minimum absolute atomic E-state index is 0.172. The molecule has 11 heteroatoms. The number of hydrogen-bond donors (Lipinski definition) is 1. The van der Waals surface area contributed by atoms with Crippen molar-refractivity contribution in [1.29, 1.82) is 0 Å². The van der Waals surface area contributed by atoms with Crippen LogP contribution < -0.4 is 5.32 Å². The van der Waals surface area contributed by atoms with E-state index >= 15 is 0 Å². The zero-order chi connectivity index (χ0) is 22.0. The molecule has 1 N–H and O–H groups in total. The summed E-state index contributed by atoms with van der Waals surface area (Å²) in [5.74, 6) is 0.305. The van der Waals surface area contributed by atoms with Crippen LogP contribution in [0.4, 0.5) is 5.69 Å². The maximum absolute atomic E-state index is 13.1. The molecule has 1 fully saturated rings. The van der Waals surface area contributed by atoms with Crippen LogP contribution in [0, 0.1) is 6.92 Å². The summed E-state index contributed by atoms with van der Waals surface area (Å²) in [5.41, 5.74) is 1.92. The molecular formula is C20H22N6O4S. The van der Waals surface area contributed by atoms with Crippen molar-refractivity contribution in [2.75, 3.05) is 18.4 Å². The number of aryl methyl sites for hydroxylation is 1. The number of amides is 1. The molecule has 1 aliphatic rings. The average molecular weight is 443 g/mol. The third-order valence-corrected chi connectivity index (χ3v) is 7.01. The number of aromatic nitrogens is 4. The number of nitrogens with one attached hydrogen (secondary N) is 1. The smallest absolute Gasteiger partial charge is 0.251 e. The molecule has 0 aliphatic carbocycles. The number of carbonyl (C=O) groups is 1. The molecule has 0 saturated carbocycles. The standard InChI is InChI=1S/C20H22N6O4S/c1-13-18(10-21-12-22-13)20-25-24-19(30-20)15-4-3-9-26(11-15)31(28,29)17-7-5-16(6-8-17)23-14(2)27/h5-8,10,12,15H,3-4,9,11H2,1-2H3,(H,23,27)/t15-/m0/s1. The van der Waals surface area contributed by atoms with Gasteiger partial charge in [-0.1, -0.05) is 0 Å². The lowest BCUT2D eigenvalue weighted by Crippen LogP contribution is -2.39. The highest BCUT2D eigenvalue weighted by Gasteiger charge is 2.33. The quantitative estimate of drug-likeness (QED) is 0.637. The van der Waals surface area contributed by atoms with Crippen LogP contribution in [-0.4, -0.2) is 51.9 Å². The van der Waals surface area contributed by atoms with Crippen LogP contribution in [0.5, 0.6) is 0 Å². The molecule has 0 bridgehead atoms. The zero-order valence-corrected chi connectivity index (χ0v) is 18.0. The Morgan fingerprint density at radius 3 is 2.71 bits per heavy atom. The number of hydrogen-bond acceptors (Lipinski definition) is 8. The summed E-state index contributed by atoms with van der Waals surface area (Å²) in [5, 5.41) is 10.9. The van der Waals surface area contributed by atoms with Gasteiger partial charge >= 0.3 is 0 Å². The minimum atomic E-state index is -3.69. The van der Waals surface area contributed by atoms with Gasteiger partial charge in [0.25, 0.3) is 5.89 Å². The van der Waals surface area contributed by atoms with Crippen LogP contribution in [0.3, 0.4) is 0 Å². The van der Waals surface area contributed by atoms with Crippen molar-refractivity contribution in [2.24, 2.45) is 0 Å². The molecule has 0 unspecified atom stereocenters. The van der Waals surface area contributed by atoms with Gasteiger partial charge in [0, 0.05) is 31.9 Å². The van der Waals surface area contributed by atoms with Gasteiger partial charge in [-0.15, -0.1) is 10.2 Å². The van der Waals surface area contributed by atoms with Crippen LogP contribution in [0.1, 0.15) is 37.3 Å². The van der Waals surface area contributed by atoms with E-state index in [0.717, 1.165) is 12.1 Å². The molecule has 0 spiro atoms. The number of carbonyl (C=O) groups excluding carboxylic acids is 1. The van der Waals surface area contributed by atoms with E-state index in [2.05, 4.69) is 25.5 Å². The second kappa shape index (κ2) is 8.52. The van der Waals surface area contributed by atoms with Crippen molar-refractivity contribution in [2.45, 2.75) is 37.5 Å². The van der Waals surface area contributed by atoms with Gasteiger partial charge in [0.15, 0.2) is 0 Å². The van der Waals surface area contributed by atoms with Gasteiger partial charge in [0.1, 0.15) is 6.33 Å². The summed E-state index contributed by atoms with van der Waals surface area (Å²) >= 11 is 0. The first-order chi connectivity index (χ1) is 14.8. The molecule has 1 amide bonds. The second-order valence-corrected chi connectivity index (χ2v) is 9.31. The first-order valence-electron chi connectivity index (χ1n) is 9.83. The molecule has 162 valence electrons. The van der Waals surface area contributed by atoms with Gasteiger partial charge in [-0.3, -0.25) is 4.79 Å². The first kappa shape index (κ1) is 21.1. The molecular weight excluding hydrogens is 420 g/mol. The van der Waals surface area contributed by atoms with E-state index < -0.39 is 10.0 Å². The van der Waals surface area contributed by atoms with Crippen molar-refractivity contribution in [3.8, 4) is 11.5 Å². The second-order valence-electron chi connectivity index (χ2n) is 7.38. The Kier molecular flexibility index (Phi) is 5.79. The molecule has 1 atom stereocenters. The Morgan fingerprint density at radius 2 is 2.00 bits per heavy atom. The van der Waals surface area contributed by atoms with E-state index in [1.807, 2.05) is 6.92 Å². The summed E-state index contributed by atoms with van der Waals surface area (Å²) in [6.07, 6.45) is 4.49. The summed E-state index contributed by atoms with van der Waals surface area (Å²) in [6.45, 7) is 3.89. The maximum atomic E-state index is 13.1. The van der Waals surface area contributed by atoms with Crippen molar-refractivity contribution >= 4 is 21.6 Å². The molecule has 2 aromatic heterocycles. The molecule has 1 aromatic carbocycles. The highest BCUT2D eigenvalue weighted by atomic mass is 32.2. The number of sulfonamides is 1. The fraction of sp³-hybridized carbons (Fsp3) is 0.350. The zero-order valence-electron chi connectivity index (χ0n) is 17.1. The van der Waals surface area contributed by atoms with Gasteiger partial charge in [0.2, 0.25) is 21.8 Å². The third-order valence-electron chi connectivity index (χ3n) is 5.13. The molecule has 1 aliphatic heterocycles. The van der Waals surface area contributed by atoms with E-state index in [1.54, 1.807) is 18.3 Å². The lowest BCUT2D eigenvalue weighted by Gasteiger charge is -2.30. The Labute approximate surface area is 179 Å². The Bertz CT molecular complexity index is 1190. The van der Waals surface area contributed by atoms with Crippen LogP contribution in [0.25, 0.3) is 11.5 Å². The lowest BCUT2D eigenvalue weighted by molar-refractivity contribution is -0.114. The van der Waals surface area contributed by atoms with E-state index in [0.29, 0.717) is 36.0 Å². The Hall–Kier alpha value is -3.18. The summed E-state index contributed by atoms with van der Waals surface area (Å²) in [6, 6.07) is 6.13. The molecule has 3 aromatic rings. The predicted molar refractivity (Wildman–Crippen MR) is 112 cm³/mol. The summed E-state index contributed by atoms with van der Waals surface area (Å²) in [4.78, 5) is 19.5. The SMILES string of the molecule is CC(=O)Nc1ccc(S(=O)(=O)N2CCC[C@H](c3nnc(-c4cncnc4C)o3)C2)cc1. The molecule has 10 nitrogen and oxygen atoms in total. The largest absolute Gasteiger partial charge is 0.420 e. The van der Waals surface area contributed by atoms with Gasteiger partial charge in [0.05, 0.1) is 22.1 Å². The number of benzene rings is 1. The highest BCUT2D eigenvalue weighted by Crippen LogP contribution is 2.31. The van der Waals surface area contributed by atoms with Crippen molar-refractivity contribution in [3.63, 3.8) is 0 Å². The number of piperidine rings is 1. The van der Waals surface area contributed by atoms with Crippen molar-refractivity contribution < 1.29 is 17.6 Å². The monoisotopic (exact) mass is 442 g/mol. The molecule has 31 heavy (non-hydrogen) atoms. The Balaban J connectivity index is 1.52. The van der Waals surface area contributed by atoms with Crippen LogP contribution in [-0.2, 0) is 14.8 Å². The van der Waals surface area contributed by atoms with Gasteiger partial charge in [-0.05, 0) is 44.0 Å². The summed E-state index contributed by atoms with van der Waals surface area (Å²) in [7, 11) is -3.69. The Morgan fingerprint density at radius 1 is 1.23 bits per heavy atom. The van der Waals surface area contributed by atoms with E-state index in [-0.39, 0.29) is 23.3 Å². The van der Waals surface area contributed by atoms with Crippen LogP contribution in [0.15, 0.2) is 46.1 Å². The number of nitrogens with zero attached hydrogens (tertiary/aromatic N) is 5. The fourth-order valence-corrected chi connectivity index (χ4v) is 5.06. The van der Waals surface area contributed by atoms with Crippen LogP contribution in [0.2, 0.25) is 0 Å². The summed E-state index contributed by atoms with van der Waals surface area (Å²) < 4.78 is 33.5. The molecule has 3 heterocycles. The van der Waals surface area contributed by atoms with Gasteiger partial charge < -0.3 is 9.73 Å². The van der Waals surface area contributed by atoms with E-state index in [1.165, 1.54) is 29.7 Å².